The number of carbonyl (C=O) groups is 1. The molecule has 1 aliphatic rings. The van der Waals surface area contributed by atoms with Crippen molar-refractivity contribution in [3.05, 3.63) is 0 Å². The van der Waals surface area contributed by atoms with Crippen LogP contribution in [0.2, 0.25) is 0 Å². The van der Waals surface area contributed by atoms with Crippen molar-refractivity contribution in [2.24, 2.45) is 17.8 Å². The fourth-order valence-electron chi connectivity index (χ4n) is 2.66. The van der Waals surface area contributed by atoms with Crippen LogP contribution in [-0.4, -0.2) is 35.1 Å². The quantitative estimate of drug-likeness (QED) is 0.687. The van der Waals surface area contributed by atoms with E-state index in [1.807, 2.05) is 0 Å². The first kappa shape index (κ1) is 15.5. The Morgan fingerprint density at radius 3 is 2.17 bits per heavy atom. The predicted octanol–water partition coefficient (Wildman–Crippen LogP) is 3.24. The lowest BCUT2D eigenvalue weighted by Gasteiger charge is -2.32. The molecule has 0 heterocycles. The van der Waals surface area contributed by atoms with E-state index in [9.17, 15) is 4.79 Å². The molecule has 1 rings (SSSR count). The fraction of sp³-hybridized carbons (Fsp3) is 0.933. The molecule has 106 valence electrons. The maximum absolute atomic E-state index is 11.0. The van der Waals surface area contributed by atoms with E-state index in [1.165, 1.54) is 19.3 Å². The van der Waals surface area contributed by atoms with Crippen LogP contribution in [0.4, 0.5) is 0 Å². The van der Waals surface area contributed by atoms with Crippen LogP contribution in [0.3, 0.4) is 0 Å². The van der Waals surface area contributed by atoms with Crippen molar-refractivity contribution in [1.29, 1.82) is 0 Å². The van der Waals surface area contributed by atoms with Crippen LogP contribution in [0.15, 0.2) is 0 Å². The maximum atomic E-state index is 11.0. The number of hydrogen-bond donors (Lipinski definition) is 1. The Morgan fingerprint density at radius 1 is 1.17 bits per heavy atom. The third kappa shape index (κ3) is 5.85. The van der Waals surface area contributed by atoms with Crippen molar-refractivity contribution < 1.29 is 9.90 Å². The molecule has 1 saturated carbocycles. The van der Waals surface area contributed by atoms with Crippen LogP contribution in [0.25, 0.3) is 0 Å². The number of carboxylic acids is 1. The van der Waals surface area contributed by atoms with Crippen molar-refractivity contribution in [1.82, 2.24) is 4.90 Å². The molecule has 1 N–H and O–H groups in total. The monoisotopic (exact) mass is 255 g/mol. The highest BCUT2D eigenvalue weighted by atomic mass is 16.4. The highest BCUT2D eigenvalue weighted by molar-refractivity contribution is 5.69. The number of rotatable bonds is 9. The Hall–Kier alpha value is -0.570. The topological polar surface area (TPSA) is 40.5 Å². The van der Waals surface area contributed by atoms with E-state index in [2.05, 4.69) is 32.6 Å². The van der Waals surface area contributed by atoms with Crippen molar-refractivity contribution >= 4 is 5.97 Å². The van der Waals surface area contributed by atoms with Crippen LogP contribution >= 0.6 is 0 Å². The van der Waals surface area contributed by atoms with Gasteiger partial charge < -0.3 is 5.11 Å². The molecule has 0 radical (unpaired) electrons. The molecule has 1 aliphatic carbocycles. The van der Waals surface area contributed by atoms with Gasteiger partial charge in [-0.1, -0.05) is 27.7 Å². The van der Waals surface area contributed by atoms with Gasteiger partial charge in [0, 0.05) is 12.6 Å². The molecular weight excluding hydrogens is 226 g/mol. The van der Waals surface area contributed by atoms with Crippen LogP contribution in [0, 0.1) is 17.8 Å². The Balaban J connectivity index is 2.60. The average Bonchev–Trinajstić information content (AvgIpc) is 2.99. The smallest absolute Gasteiger partial charge is 0.317 e. The summed E-state index contributed by atoms with van der Waals surface area (Å²) < 4.78 is 0. The molecule has 0 bridgehead atoms. The summed E-state index contributed by atoms with van der Waals surface area (Å²) in [6, 6.07) is 0.492. The summed E-state index contributed by atoms with van der Waals surface area (Å²) >= 11 is 0. The Kier molecular flexibility index (Phi) is 6.13. The summed E-state index contributed by atoms with van der Waals surface area (Å²) in [6.07, 6.45) is 4.94. The van der Waals surface area contributed by atoms with Gasteiger partial charge in [-0.25, -0.2) is 0 Å². The van der Waals surface area contributed by atoms with Gasteiger partial charge in [0.15, 0.2) is 0 Å². The second kappa shape index (κ2) is 7.13. The van der Waals surface area contributed by atoms with E-state index in [4.69, 9.17) is 5.11 Å². The molecule has 0 aromatic carbocycles. The van der Waals surface area contributed by atoms with Crippen LogP contribution in [-0.2, 0) is 4.79 Å². The maximum Gasteiger partial charge on any atom is 0.317 e. The summed E-state index contributed by atoms with van der Waals surface area (Å²) in [5, 5.41) is 9.08. The molecule has 0 aliphatic heterocycles. The average molecular weight is 255 g/mol. The van der Waals surface area contributed by atoms with Crippen LogP contribution in [0.1, 0.15) is 53.4 Å². The second-order valence-electron chi connectivity index (χ2n) is 6.59. The molecular formula is C15H29NO2. The minimum absolute atomic E-state index is 0.206. The van der Waals surface area contributed by atoms with Gasteiger partial charge in [-0.2, -0.15) is 0 Å². The SMILES string of the molecule is CC(C)CCC(C1CC1)N(CC(=O)O)CC(C)C. The van der Waals surface area contributed by atoms with E-state index >= 15 is 0 Å². The van der Waals surface area contributed by atoms with Gasteiger partial charge in [0.2, 0.25) is 0 Å². The van der Waals surface area contributed by atoms with Gasteiger partial charge in [-0.3, -0.25) is 9.69 Å². The number of nitrogens with zero attached hydrogens (tertiary/aromatic N) is 1. The van der Waals surface area contributed by atoms with Gasteiger partial charge in [0.05, 0.1) is 6.54 Å². The number of carboxylic acid groups (broad SMARTS) is 1. The predicted molar refractivity (Wildman–Crippen MR) is 74.6 cm³/mol. The zero-order chi connectivity index (χ0) is 13.7. The summed E-state index contributed by atoms with van der Waals surface area (Å²) in [7, 11) is 0. The van der Waals surface area contributed by atoms with Crippen molar-refractivity contribution in [2.75, 3.05) is 13.1 Å². The molecule has 1 fully saturated rings. The number of aliphatic carboxylic acids is 1. The third-order valence-corrected chi connectivity index (χ3v) is 3.61. The summed E-state index contributed by atoms with van der Waals surface area (Å²) in [6.45, 7) is 9.94. The largest absolute Gasteiger partial charge is 0.480 e. The highest BCUT2D eigenvalue weighted by Gasteiger charge is 2.35. The van der Waals surface area contributed by atoms with Crippen LogP contribution in [0.5, 0.6) is 0 Å². The van der Waals surface area contributed by atoms with E-state index in [0.29, 0.717) is 17.9 Å². The molecule has 3 heteroatoms. The normalized spacial score (nSPS) is 17.7. The molecule has 1 unspecified atom stereocenters. The minimum Gasteiger partial charge on any atom is -0.480 e. The third-order valence-electron chi connectivity index (χ3n) is 3.61. The van der Waals surface area contributed by atoms with Crippen LogP contribution < -0.4 is 0 Å². The van der Waals surface area contributed by atoms with E-state index in [0.717, 1.165) is 18.9 Å². The van der Waals surface area contributed by atoms with Gasteiger partial charge >= 0.3 is 5.97 Å². The summed E-state index contributed by atoms with van der Waals surface area (Å²) in [5.74, 6) is 1.30. The lowest BCUT2D eigenvalue weighted by Crippen LogP contribution is -2.42. The Bertz CT molecular complexity index is 259. The zero-order valence-corrected chi connectivity index (χ0v) is 12.4. The minimum atomic E-state index is -0.689. The molecule has 0 aromatic rings. The molecule has 18 heavy (non-hydrogen) atoms. The molecule has 3 nitrogen and oxygen atoms in total. The van der Waals surface area contributed by atoms with E-state index in [1.54, 1.807) is 0 Å². The Morgan fingerprint density at radius 2 is 1.78 bits per heavy atom. The van der Waals surface area contributed by atoms with Gasteiger partial charge in [0.1, 0.15) is 0 Å². The standard InChI is InChI=1S/C15H29NO2/c1-11(2)5-8-14(13-6-7-13)16(9-12(3)4)10-15(17)18/h11-14H,5-10H2,1-4H3,(H,17,18). The van der Waals surface area contributed by atoms with Crippen molar-refractivity contribution in [3.63, 3.8) is 0 Å². The van der Waals surface area contributed by atoms with Crippen molar-refractivity contribution in [2.45, 2.75) is 59.4 Å². The molecule has 0 aromatic heterocycles. The van der Waals surface area contributed by atoms with Gasteiger partial charge in [0.25, 0.3) is 0 Å². The first-order chi connectivity index (χ1) is 8.40. The lowest BCUT2D eigenvalue weighted by molar-refractivity contribution is -0.139. The summed E-state index contributed by atoms with van der Waals surface area (Å²) in [4.78, 5) is 13.3. The van der Waals surface area contributed by atoms with Gasteiger partial charge in [-0.15, -0.1) is 0 Å². The highest BCUT2D eigenvalue weighted by Crippen LogP contribution is 2.38. The summed E-state index contributed by atoms with van der Waals surface area (Å²) in [5.41, 5.74) is 0. The first-order valence-electron chi connectivity index (χ1n) is 7.36. The molecule has 0 saturated heterocycles. The molecule has 0 amide bonds. The van der Waals surface area contributed by atoms with E-state index in [-0.39, 0.29) is 6.54 Å². The zero-order valence-electron chi connectivity index (χ0n) is 12.4. The van der Waals surface area contributed by atoms with Gasteiger partial charge in [-0.05, 0) is 43.4 Å². The molecule has 1 atom stereocenters. The number of hydrogen-bond acceptors (Lipinski definition) is 2. The second-order valence-corrected chi connectivity index (χ2v) is 6.59. The lowest BCUT2D eigenvalue weighted by atomic mass is 9.98. The van der Waals surface area contributed by atoms with E-state index < -0.39 is 5.97 Å². The van der Waals surface area contributed by atoms with Crippen molar-refractivity contribution in [3.8, 4) is 0 Å². The molecule has 0 spiro atoms. The first-order valence-corrected chi connectivity index (χ1v) is 7.36. The fourth-order valence-corrected chi connectivity index (χ4v) is 2.66. The Labute approximate surface area is 112 Å².